The van der Waals surface area contributed by atoms with Gasteiger partial charge in [-0.2, -0.15) is 13.2 Å². The van der Waals surface area contributed by atoms with E-state index in [9.17, 15) is 22.4 Å². The second-order valence-corrected chi connectivity index (χ2v) is 5.42. The van der Waals surface area contributed by atoms with E-state index < -0.39 is 29.0 Å². The topological polar surface area (TPSA) is 55.1 Å². The number of hydrogen-bond donors (Lipinski definition) is 2. The van der Waals surface area contributed by atoms with Crippen molar-refractivity contribution in [1.29, 1.82) is 0 Å². The quantitative estimate of drug-likeness (QED) is 0.824. The van der Waals surface area contributed by atoms with Crippen LogP contribution < -0.4 is 11.1 Å². The number of hydrogen-bond acceptors (Lipinski definition) is 2. The summed E-state index contributed by atoms with van der Waals surface area (Å²) in [5.41, 5.74) is 3.12. The fourth-order valence-corrected chi connectivity index (χ4v) is 1.65. The number of nitrogens with two attached hydrogens (primary N) is 1. The van der Waals surface area contributed by atoms with Gasteiger partial charge in [-0.25, -0.2) is 4.39 Å². The van der Waals surface area contributed by atoms with E-state index in [-0.39, 0.29) is 30.4 Å². The summed E-state index contributed by atoms with van der Waals surface area (Å²) in [5.74, 6) is -2.15. The van der Waals surface area contributed by atoms with Gasteiger partial charge < -0.3 is 11.1 Å². The number of benzene rings is 1. The molecule has 1 unspecified atom stereocenters. The molecule has 0 bridgehead atoms. The van der Waals surface area contributed by atoms with Crippen molar-refractivity contribution in [2.24, 2.45) is 11.7 Å². The van der Waals surface area contributed by atoms with Gasteiger partial charge in [-0.05, 0) is 31.0 Å². The Hall–Kier alpha value is -1.34. The van der Waals surface area contributed by atoms with Crippen LogP contribution >= 0.6 is 12.4 Å². The molecule has 0 radical (unpaired) electrons. The molecule has 0 spiro atoms. The van der Waals surface area contributed by atoms with E-state index in [1.54, 1.807) is 6.92 Å². The summed E-state index contributed by atoms with van der Waals surface area (Å²) in [6, 6.07) is 2.14. The Morgan fingerprint density at radius 1 is 1.32 bits per heavy atom. The minimum atomic E-state index is -4.85. The number of amides is 1. The molecule has 3 nitrogen and oxygen atoms in total. The third kappa shape index (κ3) is 4.58. The molecule has 1 rings (SSSR count). The zero-order valence-electron chi connectivity index (χ0n) is 12.4. The van der Waals surface area contributed by atoms with Crippen molar-refractivity contribution in [3.8, 4) is 0 Å². The Bertz CT molecular complexity index is 534. The van der Waals surface area contributed by atoms with E-state index >= 15 is 0 Å². The molecule has 8 heteroatoms. The lowest BCUT2D eigenvalue weighted by molar-refractivity contribution is -0.140. The molecular weight excluding hydrogens is 324 g/mol. The van der Waals surface area contributed by atoms with Gasteiger partial charge in [0.05, 0.1) is 11.1 Å². The second-order valence-electron chi connectivity index (χ2n) is 5.42. The van der Waals surface area contributed by atoms with Gasteiger partial charge in [0.15, 0.2) is 0 Å². The number of carbonyl (C=O) groups is 1. The molecule has 0 aromatic heterocycles. The normalized spacial score (nSPS) is 14.2. The van der Waals surface area contributed by atoms with E-state index in [1.165, 1.54) is 0 Å². The molecule has 0 fully saturated rings. The van der Waals surface area contributed by atoms with Crippen LogP contribution in [0, 0.1) is 11.7 Å². The van der Waals surface area contributed by atoms with Gasteiger partial charge in [-0.3, -0.25) is 4.79 Å². The fourth-order valence-electron chi connectivity index (χ4n) is 1.65. The molecule has 0 saturated carbocycles. The smallest absolute Gasteiger partial charge is 0.345 e. The summed E-state index contributed by atoms with van der Waals surface area (Å²) in [5, 5.41) is 2.60. The van der Waals surface area contributed by atoms with Crippen LogP contribution in [0.5, 0.6) is 0 Å². The first-order valence-corrected chi connectivity index (χ1v) is 6.40. The lowest BCUT2D eigenvalue weighted by Gasteiger charge is -2.33. The van der Waals surface area contributed by atoms with Gasteiger partial charge in [0.25, 0.3) is 5.91 Å². The van der Waals surface area contributed by atoms with Crippen LogP contribution in [0.1, 0.15) is 36.7 Å². The van der Waals surface area contributed by atoms with Crippen LogP contribution in [0.25, 0.3) is 0 Å². The first-order chi connectivity index (χ1) is 9.51. The monoisotopic (exact) mass is 342 g/mol. The molecular formula is C14H19ClF4N2O. The van der Waals surface area contributed by atoms with Gasteiger partial charge in [0.1, 0.15) is 5.82 Å². The summed E-state index contributed by atoms with van der Waals surface area (Å²) < 4.78 is 51.1. The predicted molar refractivity (Wildman–Crippen MR) is 78.4 cm³/mol. The van der Waals surface area contributed by atoms with E-state index in [0.717, 1.165) is 6.07 Å². The van der Waals surface area contributed by atoms with Gasteiger partial charge in [-0.1, -0.05) is 13.8 Å². The lowest BCUT2D eigenvalue weighted by Crippen LogP contribution is -2.55. The average molecular weight is 343 g/mol. The van der Waals surface area contributed by atoms with Crippen molar-refractivity contribution in [2.45, 2.75) is 32.5 Å². The molecule has 0 aliphatic heterocycles. The molecule has 1 aromatic carbocycles. The van der Waals surface area contributed by atoms with Crippen molar-refractivity contribution in [3.05, 3.63) is 35.1 Å². The highest BCUT2D eigenvalue weighted by molar-refractivity contribution is 5.95. The Balaban J connectivity index is 0.00000441. The Morgan fingerprint density at radius 2 is 1.86 bits per heavy atom. The molecule has 0 heterocycles. The maximum atomic E-state index is 13.2. The Labute approximate surface area is 132 Å². The molecule has 0 aliphatic rings. The SMILES string of the molecule is CC(C)C(C)(CN)NC(=O)c1ccc(F)c(C(F)(F)F)c1.Cl. The van der Waals surface area contributed by atoms with Crippen LogP contribution in [0.2, 0.25) is 0 Å². The average Bonchev–Trinajstić information content (AvgIpc) is 2.37. The van der Waals surface area contributed by atoms with Gasteiger partial charge in [-0.15, -0.1) is 12.4 Å². The van der Waals surface area contributed by atoms with Crippen molar-refractivity contribution in [2.75, 3.05) is 6.54 Å². The summed E-state index contributed by atoms with van der Waals surface area (Å²) in [7, 11) is 0. The lowest BCUT2D eigenvalue weighted by atomic mass is 9.88. The van der Waals surface area contributed by atoms with Crippen molar-refractivity contribution in [1.82, 2.24) is 5.32 Å². The van der Waals surface area contributed by atoms with Crippen molar-refractivity contribution in [3.63, 3.8) is 0 Å². The number of halogens is 5. The minimum Gasteiger partial charge on any atom is -0.345 e. The Kier molecular flexibility index (Phi) is 6.84. The van der Waals surface area contributed by atoms with Gasteiger partial charge >= 0.3 is 6.18 Å². The van der Waals surface area contributed by atoms with E-state index in [0.29, 0.717) is 12.1 Å². The van der Waals surface area contributed by atoms with E-state index in [1.807, 2.05) is 13.8 Å². The standard InChI is InChI=1S/C14H18F4N2O.ClH/c1-8(2)13(3,7-19)20-12(21)9-4-5-11(15)10(6-9)14(16,17)18;/h4-6,8H,7,19H2,1-3H3,(H,20,21);1H. The van der Waals surface area contributed by atoms with Gasteiger partial charge in [0.2, 0.25) is 0 Å². The first kappa shape index (κ1) is 20.7. The molecule has 0 saturated heterocycles. The first-order valence-electron chi connectivity index (χ1n) is 6.40. The van der Waals surface area contributed by atoms with Crippen LogP contribution in [0.3, 0.4) is 0 Å². The Morgan fingerprint density at radius 3 is 2.27 bits per heavy atom. The summed E-state index contributed by atoms with van der Waals surface area (Å²) >= 11 is 0. The summed E-state index contributed by atoms with van der Waals surface area (Å²) in [6.07, 6.45) is -4.85. The number of carbonyl (C=O) groups excluding carboxylic acids is 1. The molecule has 22 heavy (non-hydrogen) atoms. The maximum absolute atomic E-state index is 13.2. The van der Waals surface area contributed by atoms with Crippen LogP contribution in [-0.4, -0.2) is 18.0 Å². The van der Waals surface area contributed by atoms with Crippen LogP contribution in [0.15, 0.2) is 18.2 Å². The summed E-state index contributed by atoms with van der Waals surface area (Å²) in [4.78, 5) is 12.1. The second kappa shape index (κ2) is 7.28. The minimum absolute atomic E-state index is 0. The molecule has 3 N–H and O–H groups in total. The van der Waals surface area contributed by atoms with Crippen LogP contribution in [0.4, 0.5) is 17.6 Å². The van der Waals surface area contributed by atoms with Crippen molar-refractivity contribution >= 4 is 18.3 Å². The number of nitrogens with one attached hydrogen (secondary N) is 1. The molecule has 0 aliphatic carbocycles. The molecule has 1 amide bonds. The highest BCUT2D eigenvalue weighted by Gasteiger charge is 2.35. The maximum Gasteiger partial charge on any atom is 0.419 e. The van der Waals surface area contributed by atoms with Gasteiger partial charge in [0, 0.05) is 12.1 Å². The number of rotatable bonds is 4. The molecule has 126 valence electrons. The van der Waals surface area contributed by atoms with Crippen molar-refractivity contribution < 1.29 is 22.4 Å². The fraction of sp³-hybridized carbons (Fsp3) is 0.500. The number of alkyl halides is 3. The zero-order chi connectivity index (χ0) is 16.4. The van der Waals surface area contributed by atoms with E-state index in [2.05, 4.69) is 5.32 Å². The molecule has 1 atom stereocenters. The third-order valence-electron chi connectivity index (χ3n) is 3.63. The largest absolute Gasteiger partial charge is 0.419 e. The third-order valence-corrected chi connectivity index (χ3v) is 3.63. The van der Waals surface area contributed by atoms with E-state index in [4.69, 9.17) is 5.73 Å². The predicted octanol–water partition coefficient (Wildman–Crippen LogP) is 3.37. The molecule has 1 aromatic rings. The highest BCUT2D eigenvalue weighted by Crippen LogP contribution is 2.32. The summed E-state index contributed by atoms with van der Waals surface area (Å²) in [6.45, 7) is 5.49. The van der Waals surface area contributed by atoms with Crippen LogP contribution in [-0.2, 0) is 6.18 Å². The highest BCUT2D eigenvalue weighted by atomic mass is 35.5. The zero-order valence-corrected chi connectivity index (χ0v) is 13.2.